The van der Waals surface area contributed by atoms with Gasteiger partial charge in [0.2, 0.25) is 11.8 Å². The highest BCUT2D eigenvalue weighted by Crippen LogP contribution is 2.27. The molecule has 0 aromatic heterocycles. The molecule has 0 heterocycles. The number of nitrogens with two attached hydrogens (primary N) is 1. The number of anilines is 2. The highest BCUT2D eigenvalue weighted by molar-refractivity contribution is 5.95. The topological polar surface area (TPSA) is 84.2 Å². The van der Waals surface area contributed by atoms with Gasteiger partial charge in [0.25, 0.3) is 0 Å². The molecule has 0 saturated heterocycles. The fourth-order valence-electron chi connectivity index (χ4n) is 3.34. The van der Waals surface area contributed by atoms with Crippen molar-refractivity contribution in [3.8, 4) is 0 Å². The van der Waals surface area contributed by atoms with Crippen molar-refractivity contribution in [2.24, 2.45) is 17.6 Å². The Hall–Kier alpha value is -1.88. The van der Waals surface area contributed by atoms with Crippen LogP contribution in [-0.2, 0) is 9.59 Å². The van der Waals surface area contributed by atoms with Gasteiger partial charge in [0.1, 0.15) is 0 Å². The maximum Gasteiger partial charge on any atom is 0.241 e. The van der Waals surface area contributed by atoms with Crippen LogP contribution >= 0.6 is 0 Å². The third kappa shape index (κ3) is 6.86. The van der Waals surface area contributed by atoms with Crippen molar-refractivity contribution in [1.82, 2.24) is 0 Å². The first-order valence-corrected chi connectivity index (χ1v) is 9.40. The van der Waals surface area contributed by atoms with Crippen LogP contribution in [0.15, 0.2) is 24.3 Å². The molecule has 0 aliphatic heterocycles. The number of nitrogens with one attached hydrogen (secondary N) is 2. The summed E-state index contributed by atoms with van der Waals surface area (Å²) in [7, 11) is 0. The molecule has 138 valence electrons. The summed E-state index contributed by atoms with van der Waals surface area (Å²) in [6, 6.07) is 6.70. The van der Waals surface area contributed by atoms with E-state index in [1.54, 1.807) is 24.3 Å². The third-order valence-electron chi connectivity index (χ3n) is 4.68. The van der Waals surface area contributed by atoms with E-state index in [2.05, 4.69) is 10.6 Å². The van der Waals surface area contributed by atoms with Gasteiger partial charge in [-0.15, -0.1) is 0 Å². The van der Waals surface area contributed by atoms with E-state index in [1.165, 1.54) is 32.1 Å². The lowest BCUT2D eigenvalue weighted by Gasteiger charge is -2.24. The Labute approximate surface area is 150 Å². The van der Waals surface area contributed by atoms with E-state index in [1.807, 2.05) is 13.8 Å². The number of carbonyl (C=O) groups excluding carboxylic acids is 2. The zero-order chi connectivity index (χ0) is 18.2. The van der Waals surface area contributed by atoms with Crippen LogP contribution < -0.4 is 16.4 Å². The van der Waals surface area contributed by atoms with Gasteiger partial charge in [-0.2, -0.15) is 0 Å². The van der Waals surface area contributed by atoms with Crippen molar-refractivity contribution < 1.29 is 9.59 Å². The Kier molecular flexibility index (Phi) is 7.44. The predicted molar refractivity (Wildman–Crippen MR) is 102 cm³/mol. The van der Waals surface area contributed by atoms with Crippen molar-refractivity contribution in [3.63, 3.8) is 0 Å². The molecule has 25 heavy (non-hydrogen) atoms. The molecule has 4 N–H and O–H groups in total. The van der Waals surface area contributed by atoms with E-state index in [0.29, 0.717) is 23.9 Å². The Morgan fingerprint density at radius 1 is 1.04 bits per heavy atom. The van der Waals surface area contributed by atoms with Crippen molar-refractivity contribution in [2.45, 2.75) is 64.8 Å². The van der Waals surface area contributed by atoms with Crippen molar-refractivity contribution in [1.29, 1.82) is 0 Å². The maximum absolute atomic E-state index is 12.3. The minimum absolute atomic E-state index is 0.00119. The largest absolute Gasteiger partial charge is 0.326 e. The summed E-state index contributed by atoms with van der Waals surface area (Å²) in [5.74, 6) is 0.765. The molecule has 1 atom stereocenters. The van der Waals surface area contributed by atoms with Crippen LogP contribution in [0.3, 0.4) is 0 Å². The van der Waals surface area contributed by atoms with Gasteiger partial charge in [-0.05, 0) is 42.5 Å². The fraction of sp³-hybridized carbons (Fsp3) is 0.600. The van der Waals surface area contributed by atoms with Gasteiger partial charge in [0.05, 0.1) is 6.04 Å². The summed E-state index contributed by atoms with van der Waals surface area (Å²) in [4.78, 5) is 24.0. The maximum atomic E-state index is 12.3. The number of hydrogen-bond donors (Lipinski definition) is 3. The lowest BCUT2D eigenvalue weighted by Crippen LogP contribution is -2.37. The minimum atomic E-state index is -0.464. The highest BCUT2D eigenvalue weighted by atomic mass is 16.2. The van der Waals surface area contributed by atoms with Crippen LogP contribution in [0, 0.1) is 11.8 Å². The molecule has 1 aromatic carbocycles. The van der Waals surface area contributed by atoms with Gasteiger partial charge in [0, 0.05) is 17.8 Å². The summed E-state index contributed by atoms with van der Waals surface area (Å²) in [6.07, 6.45) is 7.44. The first kappa shape index (κ1) is 19.4. The molecule has 0 bridgehead atoms. The number of benzene rings is 1. The minimum Gasteiger partial charge on any atom is -0.326 e. The van der Waals surface area contributed by atoms with E-state index < -0.39 is 6.04 Å². The summed E-state index contributed by atoms with van der Waals surface area (Å²) in [5.41, 5.74) is 7.50. The molecule has 0 spiro atoms. The molecular formula is C20H31N3O2. The van der Waals surface area contributed by atoms with Crippen LogP contribution in [0.1, 0.15) is 58.8 Å². The highest BCUT2D eigenvalue weighted by Gasteiger charge is 2.21. The predicted octanol–water partition coefficient (Wildman–Crippen LogP) is 3.91. The average molecular weight is 345 g/mol. The first-order valence-electron chi connectivity index (χ1n) is 9.40. The summed E-state index contributed by atoms with van der Waals surface area (Å²) < 4.78 is 0. The van der Waals surface area contributed by atoms with Gasteiger partial charge in [-0.3, -0.25) is 9.59 Å². The molecule has 1 saturated carbocycles. The molecule has 1 aromatic rings. The summed E-state index contributed by atoms with van der Waals surface area (Å²) in [6.45, 7) is 4.02. The summed E-state index contributed by atoms with van der Waals surface area (Å²) >= 11 is 0. The molecule has 1 aliphatic rings. The van der Waals surface area contributed by atoms with Crippen LogP contribution in [0.25, 0.3) is 0 Å². The van der Waals surface area contributed by atoms with E-state index in [9.17, 15) is 9.59 Å². The molecule has 5 nitrogen and oxygen atoms in total. The van der Waals surface area contributed by atoms with Crippen molar-refractivity contribution >= 4 is 23.2 Å². The molecular weight excluding hydrogens is 314 g/mol. The van der Waals surface area contributed by atoms with Crippen LogP contribution in [0.4, 0.5) is 11.4 Å². The number of amides is 2. The Bertz CT molecular complexity index is 563. The number of carbonyl (C=O) groups is 2. The Morgan fingerprint density at radius 3 is 2.16 bits per heavy atom. The third-order valence-corrected chi connectivity index (χ3v) is 4.68. The zero-order valence-electron chi connectivity index (χ0n) is 15.4. The van der Waals surface area contributed by atoms with E-state index >= 15 is 0 Å². The smallest absolute Gasteiger partial charge is 0.241 e. The van der Waals surface area contributed by atoms with Gasteiger partial charge in [0.15, 0.2) is 0 Å². The lowest BCUT2D eigenvalue weighted by molar-refractivity contribution is -0.118. The summed E-state index contributed by atoms with van der Waals surface area (Å²) in [5, 5.41) is 5.72. The van der Waals surface area contributed by atoms with Gasteiger partial charge in [-0.25, -0.2) is 0 Å². The SMILES string of the molecule is CC(C)CC(=O)Nc1ccc(NC(=O)[C@@H](N)CC2CCCCC2)cc1. The lowest BCUT2D eigenvalue weighted by atomic mass is 9.85. The molecule has 0 unspecified atom stereocenters. The van der Waals surface area contributed by atoms with E-state index in [0.717, 1.165) is 12.1 Å². The monoisotopic (exact) mass is 345 g/mol. The Morgan fingerprint density at radius 2 is 1.60 bits per heavy atom. The van der Waals surface area contributed by atoms with Crippen LogP contribution in [-0.4, -0.2) is 17.9 Å². The average Bonchev–Trinajstić information content (AvgIpc) is 2.56. The second-order valence-electron chi connectivity index (χ2n) is 7.56. The molecule has 2 rings (SSSR count). The molecule has 1 aliphatic carbocycles. The van der Waals surface area contributed by atoms with Crippen molar-refractivity contribution in [3.05, 3.63) is 24.3 Å². The number of rotatable bonds is 7. The van der Waals surface area contributed by atoms with E-state index in [4.69, 9.17) is 5.73 Å². The standard InChI is InChI=1S/C20H31N3O2/c1-14(2)12-19(24)22-16-8-10-17(11-9-16)23-20(25)18(21)13-15-6-4-3-5-7-15/h8-11,14-15,18H,3-7,12-13,21H2,1-2H3,(H,22,24)(H,23,25)/t18-/m0/s1. The normalized spacial score (nSPS) is 16.5. The molecule has 2 amide bonds. The first-order chi connectivity index (χ1) is 11.9. The molecule has 1 fully saturated rings. The van der Waals surface area contributed by atoms with Crippen LogP contribution in [0.2, 0.25) is 0 Å². The van der Waals surface area contributed by atoms with Crippen LogP contribution in [0.5, 0.6) is 0 Å². The second kappa shape index (κ2) is 9.56. The van der Waals surface area contributed by atoms with Gasteiger partial charge < -0.3 is 16.4 Å². The molecule has 5 heteroatoms. The zero-order valence-corrected chi connectivity index (χ0v) is 15.4. The number of hydrogen-bond acceptors (Lipinski definition) is 3. The van der Waals surface area contributed by atoms with Gasteiger partial charge in [-0.1, -0.05) is 46.0 Å². The fourth-order valence-corrected chi connectivity index (χ4v) is 3.34. The molecule has 0 radical (unpaired) electrons. The van der Waals surface area contributed by atoms with Crippen molar-refractivity contribution in [2.75, 3.05) is 10.6 Å². The quantitative estimate of drug-likeness (QED) is 0.700. The van der Waals surface area contributed by atoms with Gasteiger partial charge >= 0.3 is 0 Å². The Balaban J connectivity index is 1.81. The van der Waals surface area contributed by atoms with E-state index in [-0.39, 0.29) is 11.8 Å². The second-order valence-corrected chi connectivity index (χ2v) is 7.56.